The average Bonchev–Trinajstić information content (AvgIpc) is 3.07. The van der Waals surface area contributed by atoms with E-state index >= 15 is 0 Å². The second-order valence-corrected chi connectivity index (χ2v) is 7.78. The van der Waals surface area contributed by atoms with Crippen LogP contribution in [-0.2, 0) is 4.79 Å². The number of fused-ring (bicyclic) bond motifs is 1. The third-order valence-corrected chi connectivity index (χ3v) is 5.47. The van der Waals surface area contributed by atoms with Crippen molar-refractivity contribution in [2.45, 2.75) is 12.1 Å². The van der Waals surface area contributed by atoms with Gasteiger partial charge in [-0.2, -0.15) is 0 Å². The van der Waals surface area contributed by atoms with E-state index in [0.29, 0.717) is 5.02 Å². The maximum Gasteiger partial charge on any atom is 0.234 e. The molecule has 1 amide bonds. The maximum atomic E-state index is 12.4. The molecule has 4 rings (SSSR count). The molecule has 4 aromatic rings. The van der Waals surface area contributed by atoms with Crippen LogP contribution in [0.15, 0.2) is 78.0 Å². The van der Waals surface area contributed by atoms with Gasteiger partial charge in [-0.3, -0.25) is 9.36 Å². The van der Waals surface area contributed by atoms with Crippen molar-refractivity contribution in [3.8, 4) is 5.69 Å². The molecule has 0 bridgehead atoms. The quantitative estimate of drug-likeness (QED) is 0.430. The van der Waals surface area contributed by atoms with E-state index in [9.17, 15) is 4.79 Å². The number of carbonyl (C=O) groups excluding carboxylic acids is 1. The number of thioether (sulfide) groups is 1. The smallest absolute Gasteiger partial charge is 0.234 e. The van der Waals surface area contributed by atoms with E-state index < -0.39 is 0 Å². The van der Waals surface area contributed by atoms with Crippen LogP contribution in [0.2, 0.25) is 5.02 Å². The van der Waals surface area contributed by atoms with Gasteiger partial charge in [0.1, 0.15) is 0 Å². The topological polar surface area (TPSA) is 46.9 Å². The number of rotatable bonds is 5. The Balaban J connectivity index is 1.58. The molecule has 0 radical (unpaired) electrons. The van der Waals surface area contributed by atoms with Crippen molar-refractivity contribution in [3.05, 3.63) is 83.4 Å². The van der Waals surface area contributed by atoms with Gasteiger partial charge in [0.25, 0.3) is 0 Å². The van der Waals surface area contributed by atoms with Crippen LogP contribution >= 0.6 is 23.4 Å². The number of aryl methyl sites for hydroxylation is 1. The molecule has 0 saturated heterocycles. The molecule has 6 heteroatoms. The van der Waals surface area contributed by atoms with Crippen molar-refractivity contribution in [1.82, 2.24) is 9.55 Å². The van der Waals surface area contributed by atoms with Gasteiger partial charge in [0.15, 0.2) is 5.16 Å². The normalized spacial score (nSPS) is 10.9. The van der Waals surface area contributed by atoms with Crippen LogP contribution in [0, 0.1) is 6.92 Å². The van der Waals surface area contributed by atoms with E-state index in [1.165, 1.54) is 17.3 Å². The molecule has 140 valence electrons. The average molecular weight is 408 g/mol. The van der Waals surface area contributed by atoms with Crippen molar-refractivity contribution in [2.75, 3.05) is 11.1 Å². The SMILES string of the molecule is Cc1ccc(-n2c(SCC(=O)Nc3ccc(Cl)cc3)nc3ccccc32)cc1. The Labute approximate surface area is 172 Å². The summed E-state index contributed by atoms with van der Waals surface area (Å²) < 4.78 is 2.09. The van der Waals surface area contributed by atoms with Gasteiger partial charge in [-0.1, -0.05) is 53.2 Å². The molecule has 0 atom stereocenters. The van der Waals surface area contributed by atoms with Gasteiger partial charge < -0.3 is 5.32 Å². The molecule has 0 aliphatic carbocycles. The van der Waals surface area contributed by atoms with Crippen LogP contribution in [0.1, 0.15) is 5.56 Å². The third-order valence-electron chi connectivity index (χ3n) is 4.28. The minimum absolute atomic E-state index is 0.0881. The Morgan fingerprint density at radius 1 is 1.04 bits per heavy atom. The molecule has 0 spiro atoms. The summed E-state index contributed by atoms with van der Waals surface area (Å²) in [5.41, 5.74) is 4.88. The Morgan fingerprint density at radius 2 is 1.75 bits per heavy atom. The van der Waals surface area contributed by atoms with Crippen molar-refractivity contribution in [1.29, 1.82) is 0 Å². The fourth-order valence-corrected chi connectivity index (χ4v) is 3.86. The molecular weight excluding hydrogens is 390 g/mol. The first-order valence-corrected chi connectivity index (χ1v) is 10.2. The number of benzene rings is 3. The number of anilines is 1. The van der Waals surface area contributed by atoms with Crippen LogP contribution in [0.5, 0.6) is 0 Å². The number of hydrogen-bond acceptors (Lipinski definition) is 3. The first kappa shape index (κ1) is 18.6. The van der Waals surface area contributed by atoms with Crippen LogP contribution in [0.3, 0.4) is 0 Å². The molecule has 0 aliphatic heterocycles. The first-order chi connectivity index (χ1) is 13.6. The number of para-hydroxylation sites is 2. The lowest BCUT2D eigenvalue weighted by molar-refractivity contribution is -0.113. The number of hydrogen-bond donors (Lipinski definition) is 1. The summed E-state index contributed by atoms with van der Waals surface area (Å²) in [6, 6.07) is 23.4. The van der Waals surface area contributed by atoms with E-state index in [0.717, 1.165) is 27.6 Å². The fraction of sp³-hybridized carbons (Fsp3) is 0.0909. The summed E-state index contributed by atoms with van der Waals surface area (Å²) in [6.07, 6.45) is 0. The summed E-state index contributed by atoms with van der Waals surface area (Å²) in [5.74, 6) is 0.174. The zero-order valence-corrected chi connectivity index (χ0v) is 16.8. The molecule has 0 aliphatic rings. The zero-order valence-electron chi connectivity index (χ0n) is 15.2. The summed E-state index contributed by atoms with van der Waals surface area (Å²) in [6.45, 7) is 2.06. The van der Waals surface area contributed by atoms with Gasteiger partial charge in [0, 0.05) is 16.4 Å². The molecule has 1 heterocycles. The minimum atomic E-state index is -0.0881. The Hall–Kier alpha value is -2.76. The molecule has 1 aromatic heterocycles. The van der Waals surface area contributed by atoms with E-state index in [4.69, 9.17) is 16.6 Å². The number of imidazole rings is 1. The second-order valence-electron chi connectivity index (χ2n) is 6.40. The number of amides is 1. The van der Waals surface area contributed by atoms with Gasteiger partial charge >= 0.3 is 0 Å². The molecule has 0 unspecified atom stereocenters. The molecule has 0 saturated carbocycles. The van der Waals surface area contributed by atoms with Gasteiger partial charge in [-0.05, 0) is 55.5 Å². The van der Waals surface area contributed by atoms with Crippen molar-refractivity contribution in [3.63, 3.8) is 0 Å². The number of nitrogens with zero attached hydrogens (tertiary/aromatic N) is 2. The monoisotopic (exact) mass is 407 g/mol. The van der Waals surface area contributed by atoms with Crippen molar-refractivity contribution >= 4 is 46.0 Å². The largest absolute Gasteiger partial charge is 0.325 e. The number of halogens is 1. The molecule has 0 fully saturated rings. The Kier molecular flexibility index (Phi) is 5.37. The number of nitrogens with one attached hydrogen (secondary N) is 1. The lowest BCUT2D eigenvalue weighted by atomic mass is 10.2. The highest BCUT2D eigenvalue weighted by Crippen LogP contribution is 2.28. The van der Waals surface area contributed by atoms with E-state index in [-0.39, 0.29) is 11.7 Å². The van der Waals surface area contributed by atoms with Gasteiger partial charge in [0.05, 0.1) is 16.8 Å². The number of aromatic nitrogens is 2. The molecule has 1 N–H and O–H groups in total. The molecule has 4 nitrogen and oxygen atoms in total. The summed E-state index contributed by atoms with van der Waals surface area (Å²) in [4.78, 5) is 17.1. The fourth-order valence-electron chi connectivity index (χ4n) is 2.90. The zero-order chi connectivity index (χ0) is 19.5. The first-order valence-electron chi connectivity index (χ1n) is 8.83. The highest BCUT2D eigenvalue weighted by molar-refractivity contribution is 7.99. The third kappa shape index (κ3) is 4.06. The Bertz CT molecular complexity index is 1120. The second kappa shape index (κ2) is 8.09. The number of carbonyl (C=O) groups is 1. The molecule has 28 heavy (non-hydrogen) atoms. The summed E-state index contributed by atoms with van der Waals surface area (Å²) in [5, 5.41) is 4.31. The van der Waals surface area contributed by atoms with Crippen LogP contribution in [-0.4, -0.2) is 21.2 Å². The van der Waals surface area contributed by atoms with Gasteiger partial charge in [0.2, 0.25) is 5.91 Å². The highest BCUT2D eigenvalue weighted by Gasteiger charge is 2.14. The van der Waals surface area contributed by atoms with Gasteiger partial charge in [-0.25, -0.2) is 4.98 Å². The summed E-state index contributed by atoms with van der Waals surface area (Å²) in [7, 11) is 0. The van der Waals surface area contributed by atoms with Crippen LogP contribution in [0.4, 0.5) is 5.69 Å². The van der Waals surface area contributed by atoms with Gasteiger partial charge in [-0.15, -0.1) is 0 Å². The van der Waals surface area contributed by atoms with Crippen LogP contribution < -0.4 is 5.32 Å². The van der Waals surface area contributed by atoms with Crippen molar-refractivity contribution < 1.29 is 4.79 Å². The van der Waals surface area contributed by atoms with Crippen LogP contribution in [0.25, 0.3) is 16.7 Å². The van der Waals surface area contributed by atoms with E-state index in [2.05, 4.69) is 41.1 Å². The molecule has 3 aromatic carbocycles. The summed E-state index contributed by atoms with van der Waals surface area (Å²) >= 11 is 7.30. The lowest BCUT2D eigenvalue weighted by Crippen LogP contribution is -2.14. The highest BCUT2D eigenvalue weighted by atomic mass is 35.5. The lowest BCUT2D eigenvalue weighted by Gasteiger charge is -2.10. The standard InChI is InChI=1S/C22H18ClN3OS/c1-15-6-12-18(13-7-15)26-20-5-3-2-4-19(20)25-22(26)28-14-21(27)24-17-10-8-16(23)9-11-17/h2-13H,14H2,1H3,(H,24,27). The predicted molar refractivity (Wildman–Crippen MR) is 117 cm³/mol. The minimum Gasteiger partial charge on any atom is -0.325 e. The van der Waals surface area contributed by atoms with E-state index in [1.54, 1.807) is 24.3 Å². The Morgan fingerprint density at radius 3 is 2.50 bits per heavy atom. The van der Waals surface area contributed by atoms with Crippen molar-refractivity contribution in [2.24, 2.45) is 0 Å². The molecular formula is C22H18ClN3OS. The maximum absolute atomic E-state index is 12.4. The van der Waals surface area contributed by atoms with E-state index in [1.807, 2.05) is 24.3 Å². The predicted octanol–water partition coefficient (Wildman–Crippen LogP) is 5.72.